The molecule has 1 N–H and O–H groups in total. The van der Waals surface area contributed by atoms with E-state index in [1.54, 1.807) is 6.07 Å². The molecule has 0 amide bonds. The maximum absolute atomic E-state index is 12.2. The maximum atomic E-state index is 12.2. The van der Waals surface area contributed by atoms with Crippen LogP contribution in [0, 0.1) is 0 Å². The Morgan fingerprint density at radius 2 is 1.82 bits per heavy atom. The summed E-state index contributed by atoms with van der Waals surface area (Å²) in [6.45, 7) is 1.48. The van der Waals surface area contributed by atoms with Crippen molar-refractivity contribution >= 4 is 33.2 Å². The molecule has 0 aliphatic rings. The van der Waals surface area contributed by atoms with Crippen molar-refractivity contribution in [2.75, 3.05) is 13.6 Å². The lowest BCUT2D eigenvalue weighted by Gasteiger charge is -2.19. The normalized spacial score (nSPS) is 14.0. The number of aliphatic hydroxyl groups is 1. The van der Waals surface area contributed by atoms with E-state index < -0.39 is 16.1 Å². The Hall–Kier alpha value is -0.330. The van der Waals surface area contributed by atoms with Crippen LogP contribution in [0.3, 0.4) is 0 Å². The molecule has 96 valence electrons. The van der Waals surface area contributed by atoms with Gasteiger partial charge in [-0.15, -0.1) is 0 Å². The summed E-state index contributed by atoms with van der Waals surface area (Å²) in [4.78, 5) is -0.133. The topological polar surface area (TPSA) is 57.6 Å². The van der Waals surface area contributed by atoms with Crippen molar-refractivity contribution in [2.24, 2.45) is 0 Å². The number of aliphatic hydroxyl groups excluding tert-OH is 1. The van der Waals surface area contributed by atoms with Crippen LogP contribution in [0.5, 0.6) is 0 Å². The van der Waals surface area contributed by atoms with Crippen molar-refractivity contribution in [3.63, 3.8) is 0 Å². The Morgan fingerprint density at radius 3 is 2.24 bits per heavy atom. The van der Waals surface area contributed by atoms with Crippen LogP contribution in [-0.2, 0) is 10.0 Å². The third-order valence-corrected chi connectivity index (χ3v) is 4.89. The molecule has 4 nitrogen and oxygen atoms in total. The van der Waals surface area contributed by atoms with Crippen molar-refractivity contribution < 1.29 is 13.5 Å². The van der Waals surface area contributed by atoms with Gasteiger partial charge in [-0.25, -0.2) is 8.42 Å². The van der Waals surface area contributed by atoms with Crippen molar-refractivity contribution in [3.05, 3.63) is 28.2 Å². The molecule has 0 heterocycles. The molecule has 0 aromatic heterocycles. The molecular formula is C10H13Cl2NO3S. The molecule has 0 bridgehead atoms. The van der Waals surface area contributed by atoms with E-state index in [0.29, 0.717) is 0 Å². The number of benzene rings is 1. The summed E-state index contributed by atoms with van der Waals surface area (Å²) >= 11 is 11.7. The van der Waals surface area contributed by atoms with Gasteiger partial charge in [0.25, 0.3) is 0 Å². The lowest BCUT2D eigenvalue weighted by Crippen LogP contribution is -2.33. The van der Waals surface area contributed by atoms with E-state index in [1.807, 2.05) is 0 Å². The first-order chi connectivity index (χ1) is 7.76. The first-order valence-corrected chi connectivity index (χ1v) is 7.05. The predicted molar refractivity (Wildman–Crippen MR) is 68.0 cm³/mol. The standard InChI is InChI=1S/C10H13Cl2NO3S/c1-7(14)6-13(2)17(15,16)10-8(11)4-3-5-9(10)12/h3-5,7,14H,6H2,1-2H3. The molecule has 1 atom stereocenters. The summed E-state index contributed by atoms with van der Waals surface area (Å²) in [5.74, 6) is 0. The van der Waals surface area contributed by atoms with Gasteiger partial charge in [0, 0.05) is 13.6 Å². The van der Waals surface area contributed by atoms with Crippen LogP contribution in [0.1, 0.15) is 6.92 Å². The lowest BCUT2D eigenvalue weighted by molar-refractivity contribution is 0.171. The molecule has 0 aliphatic heterocycles. The quantitative estimate of drug-likeness (QED) is 0.925. The Labute approximate surface area is 111 Å². The van der Waals surface area contributed by atoms with Crippen LogP contribution in [0.15, 0.2) is 23.1 Å². The van der Waals surface area contributed by atoms with Gasteiger partial charge in [0.1, 0.15) is 4.90 Å². The highest BCUT2D eigenvalue weighted by Crippen LogP contribution is 2.30. The molecule has 0 aliphatic carbocycles. The van der Waals surface area contributed by atoms with Crippen molar-refractivity contribution in [1.29, 1.82) is 0 Å². The summed E-state index contributed by atoms with van der Waals surface area (Å²) in [6.07, 6.45) is -0.768. The smallest absolute Gasteiger partial charge is 0.245 e. The highest BCUT2D eigenvalue weighted by molar-refractivity contribution is 7.89. The van der Waals surface area contributed by atoms with E-state index in [1.165, 1.54) is 26.1 Å². The molecule has 1 aromatic carbocycles. The SMILES string of the molecule is CC(O)CN(C)S(=O)(=O)c1c(Cl)cccc1Cl. The van der Waals surface area contributed by atoms with Gasteiger partial charge in [-0.2, -0.15) is 4.31 Å². The Balaban J connectivity index is 3.22. The van der Waals surface area contributed by atoms with Gasteiger partial charge in [-0.05, 0) is 19.1 Å². The number of likely N-dealkylation sites (N-methyl/N-ethyl adjacent to an activating group) is 1. The fourth-order valence-electron chi connectivity index (χ4n) is 1.36. The lowest BCUT2D eigenvalue weighted by atomic mass is 10.4. The van der Waals surface area contributed by atoms with E-state index in [-0.39, 0.29) is 21.5 Å². The molecule has 1 unspecified atom stereocenters. The second-order valence-corrected chi connectivity index (χ2v) is 6.48. The minimum absolute atomic E-state index is 0.0239. The number of sulfonamides is 1. The van der Waals surface area contributed by atoms with E-state index in [0.717, 1.165) is 4.31 Å². The highest BCUT2D eigenvalue weighted by atomic mass is 35.5. The van der Waals surface area contributed by atoms with Crippen LogP contribution in [0.25, 0.3) is 0 Å². The second kappa shape index (κ2) is 5.54. The number of rotatable bonds is 4. The second-order valence-electron chi connectivity index (χ2n) is 3.69. The molecule has 0 saturated carbocycles. The Bertz CT molecular complexity index is 482. The molecule has 0 fully saturated rings. The van der Waals surface area contributed by atoms with Gasteiger partial charge in [-0.1, -0.05) is 29.3 Å². The highest BCUT2D eigenvalue weighted by Gasteiger charge is 2.26. The van der Waals surface area contributed by atoms with Gasteiger partial charge < -0.3 is 5.11 Å². The Kier molecular flexibility index (Phi) is 4.80. The number of hydrogen-bond acceptors (Lipinski definition) is 3. The summed E-state index contributed by atoms with van der Waals surface area (Å²) in [5, 5.41) is 9.33. The van der Waals surface area contributed by atoms with Gasteiger partial charge in [0.2, 0.25) is 10.0 Å². The minimum Gasteiger partial charge on any atom is -0.392 e. The molecule has 1 rings (SSSR count). The van der Waals surface area contributed by atoms with Crippen LogP contribution >= 0.6 is 23.2 Å². The first kappa shape index (κ1) is 14.7. The van der Waals surface area contributed by atoms with E-state index in [2.05, 4.69) is 0 Å². The number of halogens is 2. The van der Waals surface area contributed by atoms with Gasteiger partial charge in [0.15, 0.2) is 0 Å². The number of nitrogens with zero attached hydrogens (tertiary/aromatic N) is 1. The zero-order valence-corrected chi connectivity index (χ0v) is 11.7. The van der Waals surface area contributed by atoms with E-state index in [9.17, 15) is 13.5 Å². The van der Waals surface area contributed by atoms with E-state index in [4.69, 9.17) is 23.2 Å². The Morgan fingerprint density at radius 1 is 1.35 bits per heavy atom. The summed E-state index contributed by atoms with van der Waals surface area (Å²) < 4.78 is 25.3. The van der Waals surface area contributed by atoms with Crippen molar-refractivity contribution in [2.45, 2.75) is 17.9 Å². The summed E-state index contributed by atoms with van der Waals surface area (Å²) in [5.41, 5.74) is 0. The largest absolute Gasteiger partial charge is 0.392 e. The van der Waals surface area contributed by atoms with Crippen LogP contribution in [-0.4, -0.2) is 37.5 Å². The molecular weight excluding hydrogens is 285 g/mol. The van der Waals surface area contributed by atoms with E-state index >= 15 is 0 Å². The van der Waals surface area contributed by atoms with Crippen LogP contribution in [0.4, 0.5) is 0 Å². The summed E-state index contributed by atoms with van der Waals surface area (Å²) in [6, 6.07) is 4.48. The van der Waals surface area contributed by atoms with Crippen LogP contribution in [0.2, 0.25) is 10.0 Å². The first-order valence-electron chi connectivity index (χ1n) is 4.85. The molecule has 0 saturated heterocycles. The molecule has 7 heteroatoms. The fourth-order valence-corrected chi connectivity index (χ4v) is 3.69. The number of hydrogen-bond donors (Lipinski definition) is 1. The summed E-state index contributed by atoms with van der Waals surface area (Å²) in [7, 11) is -2.42. The van der Waals surface area contributed by atoms with Crippen molar-refractivity contribution in [3.8, 4) is 0 Å². The monoisotopic (exact) mass is 297 g/mol. The fraction of sp³-hybridized carbons (Fsp3) is 0.400. The molecule has 0 spiro atoms. The van der Waals surface area contributed by atoms with Gasteiger partial charge >= 0.3 is 0 Å². The average molecular weight is 298 g/mol. The average Bonchev–Trinajstić information content (AvgIpc) is 2.15. The maximum Gasteiger partial charge on any atom is 0.245 e. The predicted octanol–water partition coefficient (Wildman–Crippen LogP) is 1.99. The van der Waals surface area contributed by atoms with Crippen molar-refractivity contribution in [1.82, 2.24) is 4.31 Å². The molecule has 1 aromatic rings. The molecule has 17 heavy (non-hydrogen) atoms. The van der Waals surface area contributed by atoms with Gasteiger partial charge in [0.05, 0.1) is 16.1 Å². The third kappa shape index (κ3) is 3.33. The zero-order chi connectivity index (χ0) is 13.2. The van der Waals surface area contributed by atoms with Crippen LogP contribution < -0.4 is 0 Å². The third-order valence-electron chi connectivity index (χ3n) is 2.11. The van der Waals surface area contributed by atoms with Gasteiger partial charge in [-0.3, -0.25) is 0 Å². The zero-order valence-electron chi connectivity index (χ0n) is 9.39. The minimum atomic E-state index is -3.79. The molecule has 0 radical (unpaired) electrons.